The first-order valence-corrected chi connectivity index (χ1v) is 6.17. The predicted molar refractivity (Wildman–Crippen MR) is 65.5 cm³/mol. The van der Waals surface area contributed by atoms with Crippen LogP contribution in [0.5, 0.6) is 5.75 Å². The van der Waals surface area contributed by atoms with E-state index in [4.69, 9.17) is 4.74 Å². The topological polar surface area (TPSA) is 9.23 Å². The van der Waals surface area contributed by atoms with Crippen molar-refractivity contribution in [2.75, 3.05) is 7.11 Å². The average Bonchev–Trinajstić information content (AvgIpc) is 2.66. The number of methoxy groups -OCH3 is 1. The number of hydrogen-bond donors (Lipinski definition) is 0. The number of ether oxygens (including phenoxy) is 1. The van der Waals surface area contributed by atoms with Gasteiger partial charge in [-0.15, -0.1) is 11.3 Å². The van der Waals surface area contributed by atoms with Crippen molar-refractivity contribution in [1.82, 2.24) is 0 Å². The summed E-state index contributed by atoms with van der Waals surface area (Å²) in [5.74, 6) is 0.981. The molecule has 0 N–H and O–H groups in total. The molecule has 0 unspecified atom stereocenters. The van der Waals surface area contributed by atoms with Gasteiger partial charge in [-0.1, -0.05) is 6.92 Å². The van der Waals surface area contributed by atoms with Crippen molar-refractivity contribution in [3.63, 3.8) is 0 Å². The van der Waals surface area contributed by atoms with Crippen LogP contribution in [-0.4, -0.2) is 7.11 Å². The number of hydrogen-bond acceptors (Lipinski definition) is 2. The number of aryl methyl sites for hydroxylation is 1. The lowest BCUT2D eigenvalue weighted by molar-refractivity contribution is 0.411. The molecule has 2 aromatic rings. The highest BCUT2D eigenvalue weighted by Gasteiger charge is 2.10. The molecular weight excluding hydrogens is 260 g/mol. The van der Waals surface area contributed by atoms with Crippen LogP contribution in [0.4, 0.5) is 0 Å². The van der Waals surface area contributed by atoms with Crippen molar-refractivity contribution in [3.8, 4) is 5.75 Å². The minimum Gasteiger partial charge on any atom is -0.496 e. The summed E-state index contributed by atoms with van der Waals surface area (Å²) >= 11 is 5.33. The fraction of sp³-hybridized carbons (Fsp3) is 0.273. The number of fused-ring (bicyclic) bond motifs is 1. The maximum absolute atomic E-state index is 5.37. The fourth-order valence-electron chi connectivity index (χ4n) is 1.64. The highest BCUT2D eigenvalue weighted by Crippen LogP contribution is 2.37. The zero-order valence-corrected chi connectivity index (χ0v) is 10.5. The van der Waals surface area contributed by atoms with Crippen molar-refractivity contribution < 1.29 is 4.74 Å². The second-order valence-corrected chi connectivity index (χ2v) is 4.83. The van der Waals surface area contributed by atoms with Gasteiger partial charge in [-0.25, -0.2) is 0 Å². The summed E-state index contributed by atoms with van der Waals surface area (Å²) in [5, 5.41) is 3.40. The van der Waals surface area contributed by atoms with Gasteiger partial charge < -0.3 is 4.74 Å². The van der Waals surface area contributed by atoms with Gasteiger partial charge in [0.05, 0.1) is 7.11 Å². The predicted octanol–water partition coefficient (Wildman–Crippen LogP) is 4.23. The molecule has 74 valence electrons. The summed E-state index contributed by atoms with van der Waals surface area (Å²) in [6.07, 6.45) is 1.01. The molecule has 1 nitrogen and oxygen atoms in total. The van der Waals surface area contributed by atoms with E-state index in [0.717, 1.165) is 16.6 Å². The Hall–Kier alpha value is -0.540. The minimum atomic E-state index is 0.981. The van der Waals surface area contributed by atoms with Crippen LogP contribution in [0, 0.1) is 0 Å². The highest BCUT2D eigenvalue weighted by atomic mass is 79.9. The molecule has 0 radical (unpaired) electrons. The van der Waals surface area contributed by atoms with Gasteiger partial charge in [0, 0.05) is 20.1 Å². The van der Waals surface area contributed by atoms with Gasteiger partial charge in [0.15, 0.2) is 0 Å². The Kier molecular flexibility index (Phi) is 2.79. The Balaban J connectivity index is 2.82. The Labute approximate surface area is 95.8 Å². The third-order valence-electron chi connectivity index (χ3n) is 2.33. The molecule has 0 saturated carbocycles. The molecule has 1 heterocycles. The van der Waals surface area contributed by atoms with E-state index in [1.54, 1.807) is 18.4 Å². The lowest BCUT2D eigenvalue weighted by Gasteiger charge is -2.08. The van der Waals surface area contributed by atoms with E-state index in [0.29, 0.717) is 0 Å². The van der Waals surface area contributed by atoms with Crippen molar-refractivity contribution in [3.05, 3.63) is 27.5 Å². The van der Waals surface area contributed by atoms with Gasteiger partial charge in [-0.2, -0.15) is 0 Å². The molecule has 0 aliphatic heterocycles. The van der Waals surface area contributed by atoms with Crippen LogP contribution in [0.3, 0.4) is 0 Å². The van der Waals surface area contributed by atoms with E-state index >= 15 is 0 Å². The summed E-state index contributed by atoms with van der Waals surface area (Å²) in [7, 11) is 1.72. The third-order valence-corrected chi connectivity index (χ3v) is 3.96. The van der Waals surface area contributed by atoms with E-state index in [1.165, 1.54) is 15.6 Å². The van der Waals surface area contributed by atoms with E-state index in [9.17, 15) is 0 Å². The van der Waals surface area contributed by atoms with Crippen LogP contribution in [-0.2, 0) is 6.42 Å². The Morgan fingerprint density at radius 2 is 2.29 bits per heavy atom. The molecule has 0 bridgehead atoms. The van der Waals surface area contributed by atoms with Crippen molar-refractivity contribution >= 4 is 37.4 Å². The summed E-state index contributed by atoms with van der Waals surface area (Å²) in [4.78, 5) is 0. The van der Waals surface area contributed by atoms with Gasteiger partial charge in [-0.05, 0) is 39.9 Å². The molecular formula is C11H11BrOS. The molecule has 0 atom stereocenters. The van der Waals surface area contributed by atoms with E-state index in [1.807, 2.05) is 6.07 Å². The highest BCUT2D eigenvalue weighted by molar-refractivity contribution is 9.10. The van der Waals surface area contributed by atoms with Crippen molar-refractivity contribution in [2.45, 2.75) is 13.3 Å². The molecule has 3 heteroatoms. The maximum Gasteiger partial charge on any atom is 0.124 e. The lowest BCUT2D eigenvalue weighted by Crippen LogP contribution is -1.90. The van der Waals surface area contributed by atoms with Crippen LogP contribution >= 0.6 is 27.3 Å². The SMILES string of the molecule is CCc1c(OC)cc(Br)c2ccsc12. The van der Waals surface area contributed by atoms with E-state index in [2.05, 4.69) is 34.3 Å². The molecule has 0 fully saturated rings. The molecule has 1 aromatic heterocycles. The number of benzene rings is 1. The number of rotatable bonds is 2. The van der Waals surface area contributed by atoms with Gasteiger partial charge in [0.1, 0.15) is 5.75 Å². The molecule has 0 saturated heterocycles. The minimum absolute atomic E-state index is 0.981. The van der Waals surface area contributed by atoms with Crippen molar-refractivity contribution in [1.29, 1.82) is 0 Å². The quantitative estimate of drug-likeness (QED) is 0.794. The van der Waals surface area contributed by atoms with Crippen LogP contribution in [0.1, 0.15) is 12.5 Å². The average molecular weight is 271 g/mol. The van der Waals surface area contributed by atoms with Crippen LogP contribution in [0.25, 0.3) is 10.1 Å². The standard InChI is InChI=1S/C11H11BrOS/c1-3-7-10(13-2)6-9(12)8-4-5-14-11(7)8/h4-6H,3H2,1-2H3. The van der Waals surface area contributed by atoms with Crippen molar-refractivity contribution in [2.24, 2.45) is 0 Å². The molecule has 0 spiro atoms. The molecule has 0 aliphatic rings. The first-order valence-electron chi connectivity index (χ1n) is 4.50. The molecule has 14 heavy (non-hydrogen) atoms. The second-order valence-electron chi connectivity index (χ2n) is 3.06. The van der Waals surface area contributed by atoms with Gasteiger partial charge >= 0.3 is 0 Å². The first kappa shape index (κ1) is 9.99. The molecule has 2 rings (SSSR count). The Bertz CT molecular complexity index is 462. The molecule has 0 amide bonds. The van der Waals surface area contributed by atoms with E-state index < -0.39 is 0 Å². The second kappa shape index (κ2) is 3.91. The smallest absolute Gasteiger partial charge is 0.124 e. The van der Waals surface area contributed by atoms with Crippen LogP contribution in [0.2, 0.25) is 0 Å². The number of halogens is 1. The molecule has 0 aliphatic carbocycles. The van der Waals surface area contributed by atoms with Gasteiger partial charge in [-0.3, -0.25) is 0 Å². The maximum atomic E-state index is 5.37. The summed E-state index contributed by atoms with van der Waals surface area (Å²) in [6, 6.07) is 4.19. The third kappa shape index (κ3) is 1.44. The Morgan fingerprint density at radius 1 is 1.50 bits per heavy atom. The number of thiophene rings is 1. The summed E-state index contributed by atoms with van der Waals surface area (Å²) < 4.78 is 7.82. The molecule has 1 aromatic carbocycles. The van der Waals surface area contributed by atoms with E-state index in [-0.39, 0.29) is 0 Å². The van der Waals surface area contributed by atoms with Gasteiger partial charge in [0.2, 0.25) is 0 Å². The normalized spacial score (nSPS) is 10.8. The monoisotopic (exact) mass is 270 g/mol. The van der Waals surface area contributed by atoms with Crippen LogP contribution in [0.15, 0.2) is 22.0 Å². The fourth-order valence-corrected chi connectivity index (χ4v) is 3.34. The Morgan fingerprint density at radius 3 is 2.93 bits per heavy atom. The largest absolute Gasteiger partial charge is 0.496 e. The summed E-state index contributed by atoms with van der Waals surface area (Å²) in [5.41, 5.74) is 1.31. The zero-order valence-electron chi connectivity index (χ0n) is 8.13. The van der Waals surface area contributed by atoms with Crippen LogP contribution < -0.4 is 4.74 Å². The lowest BCUT2D eigenvalue weighted by atomic mass is 10.1. The first-order chi connectivity index (χ1) is 6.77. The summed E-state index contributed by atoms with van der Waals surface area (Å²) in [6.45, 7) is 2.16. The zero-order chi connectivity index (χ0) is 10.1. The van der Waals surface area contributed by atoms with Gasteiger partial charge in [0.25, 0.3) is 0 Å².